The number of carbonyl (C=O) groups is 2. The van der Waals surface area contributed by atoms with Crippen molar-refractivity contribution in [1.29, 1.82) is 0 Å². The van der Waals surface area contributed by atoms with Gasteiger partial charge in [-0.15, -0.1) is 0 Å². The van der Waals surface area contributed by atoms with Gasteiger partial charge in [-0.25, -0.2) is 0 Å². The number of nitrogens with zero attached hydrogens (tertiary/aromatic N) is 2. The molecular weight excluding hydrogens is 428 g/mol. The minimum atomic E-state index is -0.121. The van der Waals surface area contributed by atoms with Gasteiger partial charge in [0.1, 0.15) is 17.1 Å². The van der Waals surface area contributed by atoms with Crippen molar-refractivity contribution in [1.82, 2.24) is 19.8 Å². The molecular formula is C27H30N4O3. The fourth-order valence-corrected chi connectivity index (χ4v) is 4.17. The summed E-state index contributed by atoms with van der Waals surface area (Å²) in [5.41, 5.74) is 3.16. The van der Waals surface area contributed by atoms with Gasteiger partial charge in [0.05, 0.1) is 7.11 Å². The first-order valence-corrected chi connectivity index (χ1v) is 11.3. The van der Waals surface area contributed by atoms with Gasteiger partial charge in [-0.3, -0.25) is 9.59 Å². The van der Waals surface area contributed by atoms with Gasteiger partial charge in [0.2, 0.25) is 0 Å². The molecule has 1 atom stereocenters. The van der Waals surface area contributed by atoms with Crippen LogP contribution in [-0.4, -0.2) is 53.0 Å². The second-order valence-corrected chi connectivity index (χ2v) is 8.44. The summed E-state index contributed by atoms with van der Waals surface area (Å²) in [5.74, 6) is 0.532. The topological polar surface area (TPSA) is 79.4 Å². The van der Waals surface area contributed by atoms with E-state index in [0.717, 1.165) is 22.2 Å². The van der Waals surface area contributed by atoms with Crippen LogP contribution in [0, 0.1) is 0 Å². The minimum Gasteiger partial charge on any atom is -0.497 e. The molecule has 2 amide bonds. The molecule has 0 bridgehead atoms. The maximum atomic E-state index is 13.4. The van der Waals surface area contributed by atoms with Gasteiger partial charge in [0.25, 0.3) is 11.8 Å². The van der Waals surface area contributed by atoms with E-state index >= 15 is 0 Å². The lowest BCUT2D eigenvalue weighted by Gasteiger charge is -2.28. The highest BCUT2D eigenvalue weighted by Crippen LogP contribution is 2.23. The summed E-state index contributed by atoms with van der Waals surface area (Å²) in [6.07, 6.45) is 3.16. The fourth-order valence-electron chi connectivity index (χ4n) is 4.17. The van der Waals surface area contributed by atoms with E-state index in [4.69, 9.17) is 4.74 Å². The number of carbonyl (C=O) groups excluding carboxylic acids is 2. The number of nitrogens with one attached hydrogen (secondary N) is 2. The number of hydrogen-bond acceptors (Lipinski definition) is 3. The summed E-state index contributed by atoms with van der Waals surface area (Å²) in [5, 5.41) is 3.91. The number of hydrogen-bond donors (Lipinski definition) is 2. The van der Waals surface area contributed by atoms with Gasteiger partial charge in [-0.2, -0.15) is 0 Å². The second-order valence-electron chi connectivity index (χ2n) is 8.44. The molecule has 0 saturated heterocycles. The number of aryl methyl sites for hydroxylation is 1. The first-order valence-electron chi connectivity index (χ1n) is 11.3. The zero-order valence-corrected chi connectivity index (χ0v) is 19.7. The molecule has 0 fully saturated rings. The molecule has 2 aromatic carbocycles. The molecule has 4 aromatic rings. The average Bonchev–Trinajstić information content (AvgIpc) is 3.48. The Kier molecular flexibility index (Phi) is 7.01. The molecule has 2 heterocycles. The van der Waals surface area contributed by atoms with E-state index in [2.05, 4.69) is 22.4 Å². The third-order valence-corrected chi connectivity index (χ3v) is 6.18. The van der Waals surface area contributed by atoms with E-state index in [0.29, 0.717) is 30.8 Å². The summed E-state index contributed by atoms with van der Waals surface area (Å²) in [7, 11) is 5.29. The molecule has 0 aliphatic carbocycles. The highest BCUT2D eigenvalue weighted by molar-refractivity contribution is 5.98. The smallest absolute Gasteiger partial charge is 0.270 e. The number of likely N-dealkylation sites (N-methyl/N-ethyl adjacent to an activating group) is 1. The van der Waals surface area contributed by atoms with E-state index < -0.39 is 0 Å². The molecule has 0 saturated carbocycles. The minimum absolute atomic E-state index is 0.0927. The van der Waals surface area contributed by atoms with Crippen molar-refractivity contribution < 1.29 is 14.3 Å². The second kappa shape index (κ2) is 10.3. The number of benzene rings is 2. The Hall–Kier alpha value is -4.00. The molecule has 7 heteroatoms. The molecule has 7 nitrogen and oxygen atoms in total. The molecule has 2 N–H and O–H groups in total. The third-order valence-electron chi connectivity index (χ3n) is 6.18. The number of methoxy groups -OCH3 is 1. The van der Waals surface area contributed by atoms with E-state index in [1.807, 2.05) is 68.8 Å². The van der Waals surface area contributed by atoms with Crippen LogP contribution in [0.15, 0.2) is 72.9 Å². The Labute approximate surface area is 199 Å². The maximum Gasteiger partial charge on any atom is 0.270 e. The standard InChI is InChI=1S/C27H30N4O3/c1-30-15-7-10-25(30)26(32)28-14-13-21(16-19-8-5-4-6-9-19)31(2)27(33)24-18-20-17-22(34-3)11-12-23(20)29-24/h4-12,15,17-18,21,29H,13-14,16H2,1-3H3,(H,28,32). The Morgan fingerprint density at radius 2 is 1.88 bits per heavy atom. The number of amides is 2. The van der Waals surface area contributed by atoms with Crippen molar-refractivity contribution in [2.45, 2.75) is 18.9 Å². The summed E-state index contributed by atoms with van der Waals surface area (Å²) in [6.45, 7) is 0.461. The van der Waals surface area contributed by atoms with Crippen molar-refractivity contribution in [3.05, 3.63) is 89.9 Å². The van der Waals surface area contributed by atoms with Crippen molar-refractivity contribution in [2.75, 3.05) is 20.7 Å². The molecule has 176 valence electrons. The van der Waals surface area contributed by atoms with Crippen LogP contribution >= 0.6 is 0 Å². The lowest BCUT2D eigenvalue weighted by atomic mass is 10.0. The van der Waals surface area contributed by atoms with Crippen molar-refractivity contribution in [3.63, 3.8) is 0 Å². The molecule has 34 heavy (non-hydrogen) atoms. The molecule has 0 radical (unpaired) electrons. The molecule has 0 aliphatic rings. The fraction of sp³-hybridized carbons (Fsp3) is 0.259. The number of ether oxygens (including phenoxy) is 1. The SMILES string of the molecule is COc1ccc2[nH]c(C(=O)N(C)C(CCNC(=O)c3cccn3C)Cc3ccccc3)cc2c1. The third kappa shape index (κ3) is 5.14. The van der Waals surface area contributed by atoms with E-state index in [1.54, 1.807) is 22.6 Å². The van der Waals surface area contributed by atoms with Crippen molar-refractivity contribution in [2.24, 2.45) is 7.05 Å². The van der Waals surface area contributed by atoms with Crippen LogP contribution in [-0.2, 0) is 13.5 Å². The van der Waals surface area contributed by atoms with Crippen LogP contribution in [0.1, 0.15) is 33.0 Å². The average molecular weight is 459 g/mol. The Bertz CT molecular complexity index is 1280. The predicted molar refractivity (Wildman–Crippen MR) is 133 cm³/mol. The molecule has 2 aromatic heterocycles. The number of aromatic amines is 1. The maximum absolute atomic E-state index is 13.4. The van der Waals surface area contributed by atoms with Gasteiger partial charge in [0, 0.05) is 43.8 Å². The Morgan fingerprint density at radius 1 is 1.09 bits per heavy atom. The lowest BCUT2D eigenvalue weighted by molar-refractivity contribution is 0.0718. The van der Waals surface area contributed by atoms with E-state index in [9.17, 15) is 9.59 Å². The van der Waals surface area contributed by atoms with E-state index in [-0.39, 0.29) is 17.9 Å². The first-order chi connectivity index (χ1) is 16.5. The quantitative estimate of drug-likeness (QED) is 0.398. The zero-order chi connectivity index (χ0) is 24.1. The zero-order valence-electron chi connectivity index (χ0n) is 19.7. The summed E-state index contributed by atoms with van der Waals surface area (Å²) < 4.78 is 7.09. The normalized spacial score (nSPS) is 11.9. The molecule has 0 aliphatic heterocycles. The largest absolute Gasteiger partial charge is 0.497 e. The van der Waals surface area contributed by atoms with Crippen LogP contribution in [0.3, 0.4) is 0 Å². The van der Waals surface area contributed by atoms with Crippen LogP contribution in [0.5, 0.6) is 5.75 Å². The van der Waals surface area contributed by atoms with E-state index in [1.165, 1.54) is 0 Å². The number of aromatic nitrogens is 2. The van der Waals surface area contributed by atoms with Crippen LogP contribution in [0.25, 0.3) is 10.9 Å². The number of H-pyrrole nitrogens is 1. The summed E-state index contributed by atoms with van der Waals surface area (Å²) in [4.78, 5) is 30.9. The van der Waals surface area contributed by atoms with Crippen LogP contribution in [0.2, 0.25) is 0 Å². The van der Waals surface area contributed by atoms with Gasteiger partial charge >= 0.3 is 0 Å². The number of fused-ring (bicyclic) bond motifs is 1. The van der Waals surface area contributed by atoms with Gasteiger partial charge in [-0.1, -0.05) is 30.3 Å². The first kappa shape index (κ1) is 23.2. The Balaban J connectivity index is 1.49. The van der Waals surface area contributed by atoms with Gasteiger partial charge < -0.3 is 24.5 Å². The summed E-state index contributed by atoms with van der Waals surface area (Å²) >= 11 is 0. The Morgan fingerprint density at radius 3 is 2.59 bits per heavy atom. The highest BCUT2D eigenvalue weighted by Gasteiger charge is 2.23. The number of rotatable bonds is 9. The van der Waals surface area contributed by atoms with Gasteiger partial charge in [-0.05, 0) is 54.8 Å². The molecule has 0 spiro atoms. The van der Waals surface area contributed by atoms with Gasteiger partial charge in [0.15, 0.2) is 0 Å². The van der Waals surface area contributed by atoms with Crippen molar-refractivity contribution >= 4 is 22.7 Å². The lowest BCUT2D eigenvalue weighted by Crippen LogP contribution is -2.41. The van der Waals surface area contributed by atoms with Crippen molar-refractivity contribution in [3.8, 4) is 5.75 Å². The summed E-state index contributed by atoms with van der Waals surface area (Å²) in [6, 6.07) is 21.2. The molecule has 4 rings (SSSR count). The highest BCUT2D eigenvalue weighted by atomic mass is 16.5. The predicted octanol–water partition coefficient (Wildman–Crippen LogP) is 4.02. The van der Waals surface area contributed by atoms with Crippen LogP contribution in [0.4, 0.5) is 0 Å². The molecule has 1 unspecified atom stereocenters. The monoisotopic (exact) mass is 458 g/mol. The van der Waals surface area contributed by atoms with Crippen LogP contribution < -0.4 is 10.1 Å².